The van der Waals surface area contributed by atoms with Gasteiger partial charge in [-0.25, -0.2) is 0 Å². The van der Waals surface area contributed by atoms with E-state index in [0.29, 0.717) is 0 Å². The van der Waals surface area contributed by atoms with Crippen LogP contribution in [0, 0.1) is 0 Å². The Morgan fingerprint density at radius 2 is 1.95 bits per heavy atom. The molecule has 1 fully saturated rings. The van der Waals surface area contributed by atoms with Crippen molar-refractivity contribution in [2.24, 2.45) is 0 Å². The minimum absolute atomic E-state index is 0.0853. The first-order chi connectivity index (χ1) is 9.13. The van der Waals surface area contributed by atoms with E-state index in [2.05, 4.69) is 45.5 Å². The highest BCUT2D eigenvalue weighted by molar-refractivity contribution is 9.10. The summed E-state index contributed by atoms with van der Waals surface area (Å²) in [5.41, 5.74) is 1.00. The SMILES string of the molecule is CN1CCC(Nc2ccc3cc(Br)ccc3c2)C1=O. The molecule has 3 nitrogen and oxygen atoms in total. The Morgan fingerprint density at radius 3 is 2.68 bits per heavy atom. The quantitative estimate of drug-likeness (QED) is 0.922. The molecule has 0 spiro atoms. The molecule has 2 aromatic carbocycles. The summed E-state index contributed by atoms with van der Waals surface area (Å²) >= 11 is 3.47. The summed E-state index contributed by atoms with van der Waals surface area (Å²) in [6, 6.07) is 12.3. The fraction of sp³-hybridized carbons (Fsp3) is 0.267. The summed E-state index contributed by atoms with van der Waals surface area (Å²) in [5.74, 6) is 0.177. The Kier molecular flexibility index (Phi) is 3.19. The lowest BCUT2D eigenvalue weighted by atomic mass is 10.1. The number of halogens is 1. The number of anilines is 1. The minimum Gasteiger partial charge on any atom is -0.374 e. The predicted molar refractivity (Wildman–Crippen MR) is 81.3 cm³/mol. The number of benzene rings is 2. The molecule has 1 atom stereocenters. The van der Waals surface area contributed by atoms with Crippen LogP contribution in [0.25, 0.3) is 10.8 Å². The lowest BCUT2D eigenvalue weighted by molar-refractivity contribution is -0.127. The highest BCUT2D eigenvalue weighted by atomic mass is 79.9. The molecule has 1 heterocycles. The first-order valence-corrected chi connectivity index (χ1v) is 7.13. The molecule has 1 unspecified atom stereocenters. The molecule has 2 aromatic rings. The van der Waals surface area contributed by atoms with E-state index in [1.165, 1.54) is 10.8 Å². The summed E-state index contributed by atoms with van der Waals surface area (Å²) in [4.78, 5) is 13.6. The molecule has 1 aliphatic rings. The van der Waals surface area contributed by atoms with Gasteiger partial charge in [0.05, 0.1) is 0 Å². The standard InChI is InChI=1S/C15H15BrN2O/c1-18-7-6-14(15(18)19)17-13-5-3-10-8-12(16)4-2-11(10)9-13/h2-5,8-9,14,17H,6-7H2,1H3. The van der Waals surface area contributed by atoms with Crippen LogP contribution in [-0.2, 0) is 4.79 Å². The fourth-order valence-electron chi connectivity index (χ4n) is 2.46. The van der Waals surface area contributed by atoms with Crippen molar-refractivity contribution < 1.29 is 4.79 Å². The van der Waals surface area contributed by atoms with Crippen LogP contribution in [0.2, 0.25) is 0 Å². The number of amides is 1. The third-order valence-electron chi connectivity index (χ3n) is 3.57. The van der Waals surface area contributed by atoms with Gasteiger partial charge in [0, 0.05) is 23.8 Å². The number of fused-ring (bicyclic) bond motifs is 1. The summed E-state index contributed by atoms with van der Waals surface area (Å²) in [6.07, 6.45) is 0.869. The van der Waals surface area contributed by atoms with Crippen molar-refractivity contribution in [2.75, 3.05) is 18.9 Å². The second-order valence-corrected chi connectivity index (χ2v) is 5.87. The van der Waals surface area contributed by atoms with Crippen molar-refractivity contribution >= 4 is 38.3 Å². The van der Waals surface area contributed by atoms with Crippen molar-refractivity contribution in [2.45, 2.75) is 12.5 Å². The molecule has 1 saturated heterocycles. The van der Waals surface area contributed by atoms with E-state index < -0.39 is 0 Å². The molecule has 98 valence electrons. The maximum atomic E-state index is 11.9. The molecule has 3 rings (SSSR count). The second-order valence-electron chi connectivity index (χ2n) is 4.95. The van der Waals surface area contributed by atoms with Crippen molar-refractivity contribution in [3.8, 4) is 0 Å². The smallest absolute Gasteiger partial charge is 0.244 e. The van der Waals surface area contributed by atoms with E-state index in [1.54, 1.807) is 4.90 Å². The van der Waals surface area contributed by atoms with Gasteiger partial charge < -0.3 is 10.2 Å². The summed E-state index contributed by atoms with van der Waals surface area (Å²) < 4.78 is 1.08. The Balaban J connectivity index is 1.86. The van der Waals surface area contributed by atoms with E-state index >= 15 is 0 Å². The molecule has 1 aliphatic heterocycles. The van der Waals surface area contributed by atoms with Crippen LogP contribution in [0.4, 0.5) is 5.69 Å². The van der Waals surface area contributed by atoms with Crippen LogP contribution in [0.1, 0.15) is 6.42 Å². The van der Waals surface area contributed by atoms with Gasteiger partial charge in [0.1, 0.15) is 6.04 Å². The van der Waals surface area contributed by atoms with Gasteiger partial charge in [-0.2, -0.15) is 0 Å². The summed E-state index contributed by atoms with van der Waals surface area (Å²) in [7, 11) is 1.85. The van der Waals surface area contributed by atoms with Gasteiger partial charge in [-0.05, 0) is 41.5 Å². The van der Waals surface area contributed by atoms with Gasteiger partial charge in [-0.3, -0.25) is 4.79 Å². The van der Waals surface area contributed by atoms with E-state index in [0.717, 1.165) is 23.1 Å². The topological polar surface area (TPSA) is 32.3 Å². The lowest BCUT2D eigenvalue weighted by Crippen LogP contribution is -2.30. The Morgan fingerprint density at radius 1 is 1.21 bits per heavy atom. The normalized spacial score (nSPS) is 19.2. The van der Waals surface area contributed by atoms with Gasteiger partial charge in [-0.15, -0.1) is 0 Å². The van der Waals surface area contributed by atoms with Crippen molar-refractivity contribution in [1.29, 1.82) is 0 Å². The van der Waals surface area contributed by atoms with Crippen molar-refractivity contribution in [3.63, 3.8) is 0 Å². The van der Waals surface area contributed by atoms with Crippen molar-refractivity contribution in [3.05, 3.63) is 40.9 Å². The maximum Gasteiger partial charge on any atom is 0.244 e. The molecule has 4 heteroatoms. The number of nitrogens with zero attached hydrogens (tertiary/aromatic N) is 1. The van der Waals surface area contributed by atoms with Crippen LogP contribution in [-0.4, -0.2) is 30.4 Å². The predicted octanol–water partition coefficient (Wildman–Crippen LogP) is 3.24. The number of hydrogen-bond acceptors (Lipinski definition) is 2. The number of carbonyl (C=O) groups is 1. The molecular formula is C15H15BrN2O. The van der Waals surface area contributed by atoms with Gasteiger partial charge in [0.2, 0.25) is 5.91 Å². The molecule has 0 bridgehead atoms. The maximum absolute atomic E-state index is 11.9. The molecular weight excluding hydrogens is 304 g/mol. The molecule has 19 heavy (non-hydrogen) atoms. The first kappa shape index (κ1) is 12.5. The number of carbonyl (C=O) groups excluding carboxylic acids is 1. The van der Waals surface area contributed by atoms with E-state index in [4.69, 9.17) is 0 Å². The zero-order valence-corrected chi connectivity index (χ0v) is 12.3. The molecule has 0 aliphatic carbocycles. The van der Waals surface area contributed by atoms with E-state index in [-0.39, 0.29) is 11.9 Å². The van der Waals surface area contributed by atoms with Gasteiger partial charge >= 0.3 is 0 Å². The van der Waals surface area contributed by atoms with Crippen LogP contribution >= 0.6 is 15.9 Å². The van der Waals surface area contributed by atoms with Gasteiger partial charge in [0.15, 0.2) is 0 Å². The number of nitrogens with one attached hydrogen (secondary N) is 1. The fourth-order valence-corrected chi connectivity index (χ4v) is 2.84. The van der Waals surface area contributed by atoms with E-state index in [1.807, 2.05) is 19.2 Å². The zero-order valence-electron chi connectivity index (χ0n) is 10.7. The van der Waals surface area contributed by atoms with Gasteiger partial charge in [0.25, 0.3) is 0 Å². The number of likely N-dealkylation sites (N-methyl/N-ethyl adjacent to an activating group) is 1. The molecule has 1 N–H and O–H groups in total. The number of rotatable bonds is 2. The van der Waals surface area contributed by atoms with Crippen LogP contribution < -0.4 is 5.32 Å². The molecule has 0 saturated carbocycles. The van der Waals surface area contributed by atoms with Crippen LogP contribution in [0.5, 0.6) is 0 Å². The van der Waals surface area contributed by atoms with Crippen LogP contribution in [0.3, 0.4) is 0 Å². The largest absolute Gasteiger partial charge is 0.374 e. The Hall–Kier alpha value is -1.55. The third kappa shape index (κ3) is 2.45. The molecule has 0 radical (unpaired) electrons. The first-order valence-electron chi connectivity index (χ1n) is 6.34. The molecule has 0 aromatic heterocycles. The minimum atomic E-state index is -0.0853. The number of hydrogen-bond donors (Lipinski definition) is 1. The third-order valence-corrected chi connectivity index (χ3v) is 4.06. The summed E-state index contributed by atoms with van der Waals surface area (Å²) in [5, 5.41) is 5.69. The highest BCUT2D eigenvalue weighted by Crippen LogP contribution is 2.24. The summed E-state index contributed by atoms with van der Waals surface area (Å²) in [6.45, 7) is 0.830. The molecule has 1 amide bonds. The number of likely N-dealkylation sites (tertiary alicyclic amines) is 1. The Bertz CT molecular complexity index is 641. The van der Waals surface area contributed by atoms with Crippen LogP contribution in [0.15, 0.2) is 40.9 Å². The lowest BCUT2D eigenvalue weighted by Gasteiger charge is -2.14. The zero-order chi connectivity index (χ0) is 13.4. The average molecular weight is 319 g/mol. The monoisotopic (exact) mass is 318 g/mol. The van der Waals surface area contributed by atoms with Crippen molar-refractivity contribution in [1.82, 2.24) is 4.90 Å². The Labute approximate surface area is 120 Å². The average Bonchev–Trinajstić information content (AvgIpc) is 2.71. The second kappa shape index (κ2) is 4.85. The highest BCUT2D eigenvalue weighted by Gasteiger charge is 2.28. The van der Waals surface area contributed by atoms with Gasteiger partial charge in [-0.1, -0.05) is 28.1 Å². The van der Waals surface area contributed by atoms with E-state index in [9.17, 15) is 4.79 Å².